The van der Waals surface area contributed by atoms with Crippen molar-refractivity contribution in [2.24, 2.45) is 0 Å². The van der Waals surface area contributed by atoms with Crippen LogP contribution >= 0.6 is 0 Å². The van der Waals surface area contributed by atoms with Crippen molar-refractivity contribution >= 4 is 23.5 Å². The Morgan fingerprint density at radius 2 is 2.00 bits per heavy atom. The average Bonchev–Trinajstić information content (AvgIpc) is 2.45. The largest absolute Gasteiger partial charge is 0.469 e. The van der Waals surface area contributed by atoms with E-state index in [0.717, 1.165) is 0 Å². The molecule has 0 saturated carbocycles. The quantitative estimate of drug-likeness (QED) is 0.782. The van der Waals surface area contributed by atoms with E-state index in [-0.39, 0.29) is 30.2 Å². The molecular weight excluding hydrogens is 272 g/mol. The van der Waals surface area contributed by atoms with E-state index in [1.807, 2.05) is 6.92 Å². The number of amides is 2. The molecule has 0 aliphatic rings. The number of nitrogens with one attached hydrogen (secondary N) is 2. The van der Waals surface area contributed by atoms with Gasteiger partial charge in [0.15, 0.2) is 0 Å². The Labute approximate surface area is 123 Å². The molecular formula is C15H20N2O4. The van der Waals surface area contributed by atoms with E-state index in [0.29, 0.717) is 17.7 Å². The molecule has 0 aliphatic carbocycles. The van der Waals surface area contributed by atoms with Crippen LogP contribution in [0.15, 0.2) is 24.3 Å². The zero-order valence-electron chi connectivity index (χ0n) is 12.4. The maximum absolute atomic E-state index is 12.1. The lowest BCUT2D eigenvalue weighted by Crippen LogP contribution is -2.36. The molecule has 0 aromatic heterocycles. The summed E-state index contributed by atoms with van der Waals surface area (Å²) >= 11 is 0. The van der Waals surface area contributed by atoms with Crippen molar-refractivity contribution in [1.82, 2.24) is 5.32 Å². The monoisotopic (exact) mass is 292 g/mol. The molecule has 0 radical (unpaired) electrons. The Bertz CT molecular complexity index is 528. The zero-order chi connectivity index (χ0) is 15.8. The van der Waals surface area contributed by atoms with Crippen LogP contribution in [0.5, 0.6) is 0 Å². The predicted octanol–water partition coefficient (Wildman–Crippen LogP) is 1.72. The van der Waals surface area contributed by atoms with Gasteiger partial charge < -0.3 is 15.4 Å². The zero-order valence-corrected chi connectivity index (χ0v) is 12.4. The number of methoxy groups -OCH3 is 1. The van der Waals surface area contributed by atoms with Crippen molar-refractivity contribution in [2.75, 3.05) is 12.4 Å². The summed E-state index contributed by atoms with van der Waals surface area (Å²) in [4.78, 5) is 34.4. The van der Waals surface area contributed by atoms with Crippen LogP contribution in [-0.2, 0) is 14.3 Å². The van der Waals surface area contributed by atoms with Crippen molar-refractivity contribution in [3.05, 3.63) is 29.8 Å². The Kier molecular flexibility index (Phi) is 6.39. The molecule has 0 heterocycles. The number of hydrogen-bond acceptors (Lipinski definition) is 4. The molecule has 21 heavy (non-hydrogen) atoms. The van der Waals surface area contributed by atoms with Crippen LogP contribution in [0.25, 0.3) is 0 Å². The highest BCUT2D eigenvalue weighted by Gasteiger charge is 2.16. The van der Waals surface area contributed by atoms with Gasteiger partial charge in [-0.1, -0.05) is 13.0 Å². The lowest BCUT2D eigenvalue weighted by molar-refractivity contribution is -0.141. The fourth-order valence-electron chi connectivity index (χ4n) is 1.79. The maximum Gasteiger partial charge on any atom is 0.307 e. The van der Waals surface area contributed by atoms with E-state index >= 15 is 0 Å². The Morgan fingerprint density at radius 3 is 2.57 bits per heavy atom. The summed E-state index contributed by atoms with van der Waals surface area (Å²) in [5, 5.41) is 5.39. The van der Waals surface area contributed by atoms with Gasteiger partial charge in [-0.25, -0.2) is 0 Å². The van der Waals surface area contributed by atoms with Crippen molar-refractivity contribution in [1.29, 1.82) is 0 Å². The fraction of sp³-hybridized carbons (Fsp3) is 0.400. The van der Waals surface area contributed by atoms with Crippen LogP contribution in [0.1, 0.15) is 37.0 Å². The second-order valence-electron chi connectivity index (χ2n) is 4.62. The van der Waals surface area contributed by atoms with E-state index < -0.39 is 0 Å². The van der Waals surface area contributed by atoms with Crippen LogP contribution in [0.2, 0.25) is 0 Å². The summed E-state index contributed by atoms with van der Waals surface area (Å²) in [6.07, 6.45) is 0.746. The molecule has 0 fully saturated rings. The fourth-order valence-corrected chi connectivity index (χ4v) is 1.79. The third-order valence-corrected chi connectivity index (χ3v) is 2.91. The maximum atomic E-state index is 12.1. The molecule has 0 saturated heterocycles. The molecule has 0 spiro atoms. The lowest BCUT2D eigenvalue weighted by atomic mass is 10.1. The highest BCUT2D eigenvalue weighted by molar-refractivity contribution is 5.97. The van der Waals surface area contributed by atoms with Gasteiger partial charge in [0.05, 0.1) is 13.5 Å². The second-order valence-corrected chi connectivity index (χ2v) is 4.62. The number of carbonyl (C=O) groups is 3. The van der Waals surface area contributed by atoms with Gasteiger partial charge >= 0.3 is 5.97 Å². The molecule has 2 N–H and O–H groups in total. The van der Waals surface area contributed by atoms with Gasteiger partial charge in [0, 0.05) is 24.2 Å². The minimum absolute atomic E-state index is 0.129. The highest BCUT2D eigenvalue weighted by atomic mass is 16.5. The van der Waals surface area contributed by atoms with Crippen LogP contribution in [0.3, 0.4) is 0 Å². The SMILES string of the molecule is CCC(CC(=O)OC)NC(=O)c1cccc(NC(C)=O)c1. The molecule has 1 aromatic carbocycles. The van der Waals surface area contributed by atoms with Crippen LogP contribution in [-0.4, -0.2) is 30.9 Å². The molecule has 1 unspecified atom stereocenters. The number of ether oxygens (including phenoxy) is 1. The van der Waals surface area contributed by atoms with Gasteiger partial charge in [0.25, 0.3) is 5.91 Å². The summed E-state index contributed by atoms with van der Waals surface area (Å²) in [7, 11) is 1.31. The molecule has 6 heteroatoms. The van der Waals surface area contributed by atoms with Crippen molar-refractivity contribution in [2.45, 2.75) is 32.7 Å². The molecule has 0 bridgehead atoms. The van der Waals surface area contributed by atoms with Gasteiger partial charge in [0.1, 0.15) is 0 Å². The average molecular weight is 292 g/mol. The third-order valence-electron chi connectivity index (χ3n) is 2.91. The van der Waals surface area contributed by atoms with E-state index in [1.165, 1.54) is 14.0 Å². The van der Waals surface area contributed by atoms with E-state index in [9.17, 15) is 14.4 Å². The van der Waals surface area contributed by atoms with E-state index in [1.54, 1.807) is 24.3 Å². The van der Waals surface area contributed by atoms with Crippen molar-refractivity contribution in [3.8, 4) is 0 Å². The Hall–Kier alpha value is -2.37. The molecule has 1 rings (SSSR count). The summed E-state index contributed by atoms with van der Waals surface area (Å²) < 4.78 is 4.59. The normalized spacial score (nSPS) is 11.4. The Morgan fingerprint density at radius 1 is 1.29 bits per heavy atom. The van der Waals surface area contributed by atoms with Crippen LogP contribution in [0.4, 0.5) is 5.69 Å². The molecule has 2 amide bonds. The number of anilines is 1. The van der Waals surface area contributed by atoms with E-state index in [4.69, 9.17) is 0 Å². The summed E-state index contributed by atoms with van der Waals surface area (Å²) in [6, 6.07) is 6.33. The third kappa shape index (κ3) is 5.64. The number of esters is 1. The van der Waals surface area contributed by atoms with Gasteiger partial charge in [0.2, 0.25) is 5.91 Å². The first kappa shape index (κ1) is 16.7. The minimum Gasteiger partial charge on any atom is -0.469 e. The van der Waals surface area contributed by atoms with Gasteiger partial charge in [-0.3, -0.25) is 14.4 Å². The number of hydrogen-bond donors (Lipinski definition) is 2. The first-order chi connectivity index (χ1) is 9.96. The van der Waals surface area contributed by atoms with E-state index in [2.05, 4.69) is 15.4 Å². The van der Waals surface area contributed by atoms with Gasteiger partial charge in [-0.15, -0.1) is 0 Å². The number of benzene rings is 1. The summed E-state index contributed by atoms with van der Waals surface area (Å²) in [6.45, 7) is 3.28. The van der Waals surface area contributed by atoms with Crippen LogP contribution in [0, 0.1) is 0 Å². The van der Waals surface area contributed by atoms with Gasteiger partial charge in [-0.2, -0.15) is 0 Å². The van der Waals surface area contributed by atoms with Crippen LogP contribution < -0.4 is 10.6 Å². The second kappa shape index (κ2) is 8.04. The summed E-state index contributed by atoms with van der Waals surface area (Å²) in [5.41, 5.74) is 0.973. The highest BCUT2D eigenvalue weighted by Crippen LogP contribution is 2.11. The topological polar surface area (TPSA) is 84.5 Å². The summed E-state index contributed by atoms with van der Waals surface area (Å²) in [5.74, 6) is -0.864. The van der Waals surface area contributed by atoms with Crippen molar-refractivity contribution < 1.29 is 19.1 Å². The lowest BCUT2D eigenvalue weighted by Gasteiger charge is -2.16. The standard InChI is InChI=1S/C15H20N2O4/c1-4-12(9-14(19)21-3)17-15(20)11-6-5-7-13(8-11)16-10(2)18/h5-8,12H,4,9H2,1-3H3,(H,16,18)(H,17,20). The Balaban J connectivity index is 2.73. The first-order valence-corrected chi connectivity index (χ1v) is 6.71. The smallest absolute Gasteiger partial charge is 0.307 e. The molecule has 1 aromatic rings. The van der Waals surface area contributed by atoms with Gasteiger partial charge in [-0.05, 0) is 24.6 Å². The molecule has 114 valence electrons. The minimum atomic E-state index is -0.367. The molecule has 6 nitrogen and oxygen atoms in total. The number of carbonyl (C=O) groups excluding carboxylic acids is 3. The first-order valence-electron chi connectivity index (χ1n) is 6.71. The number of rotatable bonds is 6. The molecule has 0 aliphatic heterocycles. The predicted molar refractivity (Wildman–Crippen MR) is 78.9 cm³/mol. The van der Waals surface area contributed by atoms with Crippen molar-refractivity contribution in [3.63, 3.8) is 0 Å². The molecule has 1 atom stereocenters.